The van der Waals surface area contributed by atoms with E-state index in [1.165, 1.54) is 11.3 Å². The Morgan fingerprint density at radius 1 is 1.08 bits per heavy atom. The van der Waals surface area contributed by atoms with Crippen molar-refractivity contribution >= 4 is 59.8 Å². The Kier molecular flexibility index (Phi) is 3.87. The van der Waals surface area contributed by atoms with Gasteiger partial charge in [-0.3, -0.25) is 4.79 Å². The summed E-state index contributed by atoms with van der Waals surface area (Å²) in [5, 5.41) is 6.23. The monoisotopic (exact) mass is 354 g/mol. The normalized spacial score (nSPS) is 11.4. The number of hydrogen-bond donors (Lipinski definition) is 1. The standard InChI is InChI=1S/C19H15ClN2OS/c1-2-10-21-19-18-15(11-6-3-4-9-14(11)22-19)16(23)12-7-5-8-13(20)17(12)24-18/h3-9H,2,10H2,1H3,(H,21,22). The van der Waals surface area contributed by atoms with Crippen LogP contribution in [0.25, 0.3) is 31.1 Å². The first-order valence-corrected chi connectivity index (χ1v) is 9.08. The van der Waals surface area contributed by atoms with Crippen molar-refractivity contribution in [1.82, 2.24) is 4.98 Å². The molecule has 0 radical (unpaired) electrons. The molecule has 24 heavy (non-hydrogen) atoms. The first-order valence-electron chi connectivity index (χ1n) is 7.88. The Labute approximate surface area is 147 Å². The molecule has 0 aliphatic rings. The van der Waals surface area contributed by atoms with Crippen LogP contribution in [0.2, 0.25) is 5.02 Å². The lowest BCUT2D eigenvalue weighted by atomic mass is 10.1. The number of rotatable bonds is 3. The molecule has 4 rings (SSSR count). The molecule has 0 amide bonds. The SMILES string of the molecule is CCCNc1nc2ccccc2c2c(=O)c3cccc(Cl)c3sc12. The second kappa shape index (κ2) is 6.04. The van der Waals surface area contributed by atoms with Crippen molar-refractivity contribution in [3.8, 4) is 0 Å². The molecule has 2 aromatic heterocycles. The van der Waals surface area contributed by atoms with Crippen molar-refractivity contribution in [1.29, 1.82) is 0 Å². The van der Waals surface area contributed by atoms with E-state index in [1.807, 2.05) is 42.5 Å². The molecule has 0 atom stereocenters. The van der Waals surface area contributed by atoms with Gasteiger partial charge in [0.2, 0.25) is 0 Å². The van der Waals surface area contributed by atoms with E-state index in [0.717, 1.165) is 44.5 Å². The van der Waals surface area contributed by atoms with Gasteiger partial charge in [0.1, 0.15) is 5.82 Å². The Morgan fingerprint density at radius 3 is 2.71 bits per heavy atom. The van der Waals surface area contributed by atoms with Crippen LogP contribution in [0.1, 0.15) is 13.3 Å². The fraction of sp³-hybridized carbons (Fsp3) is 0.158. The van der Waals surface area contributed by atoms with Gasteiger partial charge in [-0.1, -0.05) is 42.8 Å². The first-order chi connectivity index (χ1) is 11.7. The third-order valence-electron chi connectivity index (χ3n) is 4.03. The molecule has 5 heteroatoms. The van der Waals surface area contributed by atoms with Gasteiger partial charge in [-0.15, -0.1) is 11.3 Å². The number of anilines is 1. The number of para-hydroxylation sites is 1. The van der Waals surface area contributed by atoms with E-state index in [2.05, 4.69) is 12.2 Å². The summed E-state index contributed by atoms with van der Waals surface area (Å²) >= 11 is 7.86. The Bertz CT molecular complexity index is 1140. The van der Waals surface area contributed by atoms with Gasteiger partial charge in [0.05, 0.1) is 25.3 Å². The highest BCUT2D eigenvalue weighted by atomic mass is 35.5. The summed E-state index contributed by atoms with van der Waals surface area (Å²) in [6.07, 6.45) is 0.985. The second-order valence-electron chi connectivity index (χ2n) is 5.66. The molecule has 0 spiro atoms. The van der Waals surface area contributed by atoms with Gasteiger partial charge in [-0.25, -0.2) is 4.98 Å². The van der Waals surface area contributed by atoms with E-state index in [4.69, 9.17) is 16.6 Å². The lowest BCUT2D eigenvalue weighted by Crippen LogP contribution is -2.07. The van der Waals surface area contributed by atoms with Gasteiger partial charge in [-0.05, 0) is 24.6 Å². The fourth-order valence-electron chi connectivity index (χ4n) is 2.91. The third-order valence-corrected chi connectivity index (χ3v) is 5.71. The van der Waals surface area contributed by atoms with Crippen molar-refractivity contribution in [2.24, 2.45) is 0 Å². The molecule has 0 saturated carbocycles. The van der Waals surface area contributed by atoms with E-state index in [1.54, 1.807) is 0 Å². The Morgan fingerprint density at radius 2 is 1.88 bits per heavy atom. The Hall–Kier alpha value is -2.17. The van der Waals surface area contributed by atoms with Crippen LogP contribution in [0.3, 0.4) is 0 Å². The number of aromatic nitrogens is 1. The minimum absolute atomic E-state index is 0.0133. The zero-order chi connectivity index (χ0) is 16.7. The number of hydrogen-bond acceptors (Lipinski definition) is 4. The zero-order valence-corrected chi connectivity index (χ0v) is 14.7. The molecular formula is C19H15ClN2OS. The predicted molar refractivity (Wildman–Crippen MR) is 105 cm³/mol. The summed E-state index contributed by atoms with van der Waals surface area (Å²) in [4.78, 5) is 17.9. The van der Waals surface area contributed by atoms with Crippen molar-refractivity contribution in [2.75, 3.05) is 11.9 Å². The number of benzene rings is 2. The van der Waals surface area contributed by atoms with Crippen molar-refractivity contribution in [3.63, 3.8) is 0 Å². The number of halogens is 1. The van der Waals surface area contributed by atoms with Gasteiger partial charge in [-0.2, -0.15) is 0 Å². The van der Waals surface area contributed by atoms with E-state index >= 15 is 0 Å². The average molecular weight is 355 g/mol. The molecule has 0 bridgehead atoms. The van der Waals surface area contributed by atoms with Gasteiger partial charge in [0.15, 0.2) is 5.43 Å². The molecular weight excluding hydrogens is 340 g/mol. The van der Waals surface area contributed by atoms with Crippen LogP contribution >= 0.6 is 22.9 Å². The van der Waals surface area contributed by atoms with E-state index in [-0.39, 0.29) is 5.43 Å². The largest absolute Gasteiger partial charge is 0.369 e. The number of fused-ring (bicyclic) bond motifs is 4. The number of pyridine rings is 1. The molecule has 120 valence electrons. The molecule has 4 aromatic rings. The molecule has 3 nitrogen and oxygen atoms in total. The summed E-state index contributed by atoms with van der Waals surface area (Å²) in [7, 11) is 0. The van der Waals surface area contributed by atoms with Crippen LogP contribution in [-0.2, 0) is 0 Å². The average Bonchev–Trinajstić information content (AvgIpc) is 2.60. The highest BCUT2D eigenvalue weighted by Gasteiger charge is 2.15. The van der Waals surface area contributed by atoms with Crippen molar-refractivity contribution in [3.05, 3.63) is 57.7 Å². The van der Waals surface area contributed by atoms with Crippen molar-refractivity contribution < 1.29 is 0 Å². The molecule has 1 N–H and O–H groups in total. The highest BCUT2D eigenvalue weighted by molar-refractivity contribution is 7.25. The number of nitrogens with one attached hydrogen (secondary N) is 1. The van der Waals surface area contributed by atoms with Crippen LogP contribution in [0.5, 0.6) is 0 Å². The molecule has 0 unspecified atom stereocenters. The van der Waals surface area contributed by atoms with E-state index in [9.17, 15) is 4.79 Å². The minimum Gasteiger partial charge on any atom is -0.369 e. The quantitative estimate of drug-likeness (QED) is 0.393. The summed E-state index contributed by atoms with van der Waals surface area (Å²) in [5.41, 5.74) is 0.841. The molecule has 2 aromatic carbocycles. The topological polar surface area (TPSA) is 42.0 Å². The van der Waals surface area contributed by atoms with Crippen LogP contribution in [0.4, 0.5) is 5.82 Å². The summed E-state index contributed by atoms with van der Waals surface area (Å²) in [6.45, 7) is 2.91. The molecule has 0 fully saturated rings. The number of nitrogens with zero attached hydrogens (tertiary/aromatic N) is 1. The van der Waals surface area contributed by atoms with Gasteiger partial charge in [0.25, 0.3) is 0 Å². The van der Waals surface area contributed by atoms with Crippen LogP contribution in [0.15, 0.2) is 47.3 Å². The van der Waals surface area contributed by atoms with Crippen molar-refractivity contribution in [2.45, 2.75) is 13.3 Å². The third kappa shape index (κ3) is 2.34. The minimum atomic E-state index is 0.0133. The summed E-state index contributed by atoms with van der Waals surface area (Å²) in [5.74, 6) is 0.759. The van der Waals surface area contributed by atoms with E-state index in [0.29, 0.717) is 10.4 Å². The van der Waals surface area contributed by atoms with E-state index < -0.39 is 0 Å². The summed E-state index contributed by atoms with van der Waals surface area (Å²) < 4.78 is 1.68. The second-order valence-corrected chi connectivity index (χ2v) is 7.08. The molecule has 0 aliphatic carbocycles. The molecule has 0 aliphatic heterocycles. The molecule has 0 saturated heterocycles. The maximum Gasteiger partial charge on any atom is 0.196 e. The van der Waals surface area contributed by atoms with Gasteiger partial charge >= 0.3 is 0 Å². The summed E-state index contributed by atoms with van der Waals surface area (Å²) in [6, 6.07) is 13.3. The van der Waals surface area contributed by atoms with Crippen LogP contribution < -0.4 is 10.7 Å². The lowest BCUT2D eigenvalue weighted by molar-refractivity contribution is 0.974. The van der Waals surface area contributed by atoms with Gasteiger partial charge < -0.3 is 5.32 Å². The maximum absolute atomic E-state index is 13.2. The molecule has 2 heterocycles. The predicted octanol–water partition coefficient (Wildman–Crippen LogP) is 5.44. The zero-order valence-electron chi connectivity index (χ0n) is 13.1. The lowest BCUT2D eigenvalue weighted by Gasteiger charge is -2.11. The van der Waals surface area contributed by atoms with Crippen LogP contribution in [-0.4, -0.2) is 11.5 Å². The fourth-order valence-corrected chi connectivity index (χ4v) is 4.36. The Balaban J connectivity index is 2.24. The smallest absolute Gasteiger partial charge is 0.196 e. The van der Waals surface area contributed by atoms with Gasteiger partial charge in [0, 0.05) is 17.3 Å². The highest BCUT2D eigenvalue weighted by Crippen LogP contribution is 2.36. The maximum atomic E-state index is 13.2. The first kappa shape index (κ1) is 15.4. The van der Waals surface area contributed by atoms with Crippen LogP contribution in [0, 0.1) is 0 Å².